The fourth-order valence-electron chi connectivity index (χ4n) is 5.67. The maximum Gasteiger partial charge on any atom is 0.149 e. The number of aliphatic imine (C=N–C) groups is 1. The fourth-order valence-corrected chi connectivity index (χ4v) is 5.67. The first-order chi connectivity index (χ1) is 23.4. The zero-order valence-corrected chi connectivity index (χ0v) is 32.0. The van der Waals surface area contributed by atoms with Gasteiger partial charge >= 0.3 is 0 Å². The van der Waals surface area contributed by atoms with Crippen LogP contribution in [0, 0.1) is 18.7 Å². The molecule has 49 heavy (non-hydrogen) atoms. The summed E-state index contributed by atoms with van der Waals surface area (Å²) in [6.45, 7) is 21.2. The number of pyridine rings is 1. The molecule has 9 heteroatoms. The number of piperazine rings is 1. The second kappa shape index (κ2) is 19.4. The topological polar surface area (TPSA) is 65.7 Å². The molecule has 4 aromatic rings. The van der Waals surface area contributed by atoms with Gasteiger partial charge in [0, 0.05) is 63.9 Å². The van der Waals surface area contributed by atoms with Crippen LogP contribution in [-0.2, 0) is 14.1 Å². The molecule has 2 aromatic carbocycles. The highest BCUT2D eigenvalue weighted by Gasteiger charge is 2.12. The molecule has 0 amide bonds. The van der Waals surface area contributed by atoms with Crippen molar-refractivity contribution in [3.05, 3.63) is 71.8 Å². The second-order valence-electron chi connectivity index (χ2n) is 13.4. The average molecular weight is 673 g/mol. The van der Waals surface area contributed by atoms with Crippen molar-refractivity contribution in [3.8, 4) is 11.1 Å². The predicted octanol–water partition coefficient (Wildman–Crippen LogP) is 8.51. The van der Waals surface area contributed by atoms with E-state index >= 15 is 0 Å². The minimum atomic E-state index is -0.313. The van der Waals surface area contributed by atoms with Gasteiger partial charge in [-0.3, -0.25) is 14.4 Å². The van der Waals surface area contributed by atoms with Crippen molar-refractivity contribution in [2.45, 2.75) is 61.3 Å². The quantitative estimate of drug-likeness (QED) is 0.208. The lowest BCUT2D eigenvalue weighted by molar-refractivity contribution is 0.230. The molecule has 0 atom stereocenters. The molecule has 0 saturated carbocycles. The Kier molecular flexibility index (Phi) is 15.7. The third-order valence-corrected chi connectivity index (χ3v) is 9.05. The minimum Gasteiger partial charge on any atom is -0.346 e. The number of hydrogen-bond donors (Lipinski definition) is 2. The molecule has 0 radical (unpaired) electrons. The number of nitrogens with one attached hydrogen (secondary N) is 2. The van der Waals surface area contributed by atoms with Crippen LogP contribution in [0.15, 0.2) is 59.9 Å². The van der Waals surface area contributed by atoms with Crippen molar-refractivity contribution in [1.29, 1.82) is 0 Å². The second-order valence-corrected chi connectivity index (χ2v) is 13.4. The molecule has 268 valence electrons. The molecule has 2 aromatic heterocycles. The van der Waals surface area contributed by atoms with Crippen LogP contribution in [-0.4, -0.2) is 83.2 Å². The van der Waals surface area contributed by atoms with Gasteiger partial charge in [-0.1, -0.05) is 26.8 Å². The summed E-state index contributed by atoms with van der Waals surface area (Å²) >= 11 is 0. The van der Waals surface area contributed by atoms with E-state index in [1.165, 1.54) is 56.1 Å². The van der Waals surface area contributed by atoms with Crippen LogP contribution < -0.4 is 10.6 Å². The van der Waals surface area contributed by atoms with E-state index in [1.54, 1.807) is 0 Å². The normalized spacial score (nSPS) is 15.7. The molecular weight excluding hydrogens is 611 g/mol. The Morgan fingerprint density at radius 2 is 1.47 bits per heavy atom. The summed E-state index contributed by atoms with van der Waals surface area (Å²) in [7, 11) is 8.45. The number of allylic oxidation sites excluding steroid dienone is 1. The first-order valence-corrected chi connectivity index (χ1v) is 17.8. The third-order valence-electron chi connectivity index (χ3n) is 9.05. The fraction of sp³-hybridized carbons (Fsp3) is 0.500. The van der Waals surface area contributed by atoms with Crippen molar-refractivity contribution in [3.63, 3.8) is 0 Å². The van der Waals surface area contributed by atoms with Crippen molar-refractivity contribution in [1.82, 2.24) is 29.5 Å². The van der Waals surface area contributed by atoms with Gasteiger partial charge in [-0.25, -0.2) is 9.37 Å². The van der Waals surface area contributed by atoms with E-state index < -0.39 is 0 Å². The third kappa shape index (κ3) is 11.7. The molecule has 0 aliphatic carbocycles. The van der Waals surface area contributed by atoms with E-state index in [9.17, 15) is 4.39 Å². The molecular formula is C40H61FN8. The van der Waals surface area contributed by atoms with E-state index in [-0.39, 0.29) is 5.82 Å². The number of aromatic nitrogens is 3. The number of benzene rings is 2. The number of rotatable bonds is 5. The number of halogens is 1. The number of piperidine rings is 1. The van der Waals surface area contributed by atoms with Crippen LogP contribution in [0.2, 0.25) is 0 Å². The number of anilines is 1. The van der Waals surface area contributed by atoms with Gasteiger partial charge in [0.15, 0.2) is 0 Å². The summed E-state index contributed by atoms with van der Waals surface area (Å²) in [5.41, 5.74) is 8.38. The molecule has 6 rings (SSSR count). The van der Waals surface area contributed by atoms with Gasteiger partial charge in [-0.15, -0.1) is 0 Å². The summed E-state index contributed by atoms with van der Waals surface area (Å²) in [5.74, 6) is 1.40. The standard InChI is InChI=1S/C26H28FN5.C7H15N.C5H12N2.C2H6/c1-16(2)30-26-17(3)11-21(12-22(26)27)18(4)14-28-25-10-8-20(15-29-25)19-7-9-23-24(13-19)32(6)31(23)5;1-7-3-5-8(2)6-4-7;1-7-4-2-6-3-5-7;1-2/h7-15H,1-6H3,(H,28,29);7H,3-6H2,1-2H3;6H,2-5H2,1H3;1-2H3/b18-14+;;;. The van der Waals surface area contributed by atoms with Crippen LogP contribution in [0.4, 0.5) is 15.9 Å². The molecule has 2 aliphatic rings. The molecule has 0 spiro atoms. The lowest BCUT2D eigenvalue weighted by Crippen LogP contribution is -2.40. The highest BCUT2D eigenvalue weighted by atomic mass is 19.1. The van der Waals surface area contributed by atoms with Gasteiger partial charge in [0.2, 0.25) is 0 Å². The molecule has 8 nitrogen and oxygen atoms in total. The molecule has 0 bridgehead atoms. The zero-order valence-electron chi connectivity index (χ0n) is 32.0. The summed E-state index contributed by atoms with van der Waals surface area (Å²) in [4.78, 5) is 13.6. The lowest BCUT2D eigenvalue weighted by atomic mass is 10.00. The molecule has 2 fully saturated rings. The summed E-state index contributed by atoms with van der Waals surface area (Å²) in [6, 6.07) is 13.9. The van der Waals surface area contributed by atoms with Gasteiger partial charge in [0.1, 0.15) is 17.3 Å². The van der Waals surface area contributed by atoms with Crippen LogP contribution in [0.1, 0.15) is 65.5 Å². The first kappa shape index (κ1) is 39.6. The summed E-state index contributed by atoms with van der Waals surface area (Å²) < 4.78 is 18.8. The Balaban J connectivity index is 0.000000311. The minimum absolute atomic E-state index is 0.313. The van der Waals surface area contributed by atoms with Gasteiger partial charge in [0.25, 0.3) is 0 Å². The van der Waals surface area contributed by atoms with E-state index in [4.69, 9.17) is 0 Å². The van der Waals surface area contributed by atoms with Crippen LogP contribution in [0.5, 0.6) is 0 Å². The Labute approximate surface area is 295 Å². The largest absolute Gasteiger partial charge is 0.346 e. The Morgan fingerprint density at radius 1 is 0.857 bits per heavy atom. The van der Waals surface area contributed by atoms with Crippen molar-refractivity contribution in [2.24, 2.45) is 25.0 Å². The number of nitrogens with zero attached hydrogens (tertiary/aromatic N) is 6. The van der Waals surface area contributed by atoms with Crippen LogP contribution >= 0.6 is 0 Å². The number of fused-ring (bicyclic) bond motifs is 1. The van der Waals surface area contributed by atoms with E-state index in [2.05, 4.69) is 79.0 Å². The number of likely N-dealkylation sites (tertiary alicyclic amines) is 1. The highest BCUT2D eigenvalue weighted by Crippen LogP contribution is 2.29. The van der Waals surface area contributed by atoms with Gasteiger partial charge in [-0.2, -0.15) is 0 Å². The Morgan fingerprint density at radius 3 is 2.00 bits per heavy atom. The van der Waals surface area contributed by atoms with E-state index in [0.717, 1.165) is 58.4 Å². The Hall–Kier alpha value is -3.79. The van der Waals surface area contributed by atoms with Gasteiger partial charge < -0.3 is 20.4 Å². The monoisotopic (exact) mass is 673 g/mol. The number of likely N-dealkylation sites (N-methyl/N-ethyl adjacent to an activating group) is 1. The van der Waals surface area contributed by atoms with Crippen molar-refractivity contribution < 1.29 is 4.39 Å². The molecule has 0 unspecified atom stereocenters. The molecule has 2 N–H and O–H groups in total. The average Bonchev–Trinajstić information content (AvgIpc) is 3.11. The van der Waals surface area contributed by atoms with E-state index in [0.29, 0.717) is 5.69 Å². The smallest absolute Gasteiger partial charge is 0.149 e. The summed E-state index contributed by atoms with van der Waals surface area (Å²) in [6.07, 6.45) is 6.51. The van der Waals surface area contributed by atoms with Gasteiger partial charge in [0.05, 0.1) is 11.0 Å². The summed E-state index contributed by atoms with van der Waals surface area (Å²) in [5, 5.41) is 6.49. The van der Waals surface area contributed by atoms with Crippen LogP contribution in [0.25, 0.3) is 27.7 Å². The van der Waals surface area contributed by atoms with E-state index in [1.807, 2.05) is 86.2 Å². The maximum atomic E-state index is 14.5. The molecule has 4 heterocycles. The number of hydrogen-bond acceptors (Lipinski definition) is 6. The van der Waals surface area contributed by atoms with Crippen molar-refractivity contribution >= 4 is 33.8 Å². The highest BCUT2D eigenvalue weighted by molar-refractivity contribution is 5.84. The van der Waals surface area contributed by atoms with Crippen molar-refractivity contribution in [2.75, 3.05) is 58.7 Å². The first-order valence-electron chi connectivity index (χ1n) is 17.8. The predicted molar refractivity (Wildman–Crippen MR) is 210 cm³/mol. The molecule has 2 saturated heterocycles. The SMILES string of the molecule is CC.CC(C)=Nc1c(C)cc(/C(C)=C/Nc2ccc(-c3ccc4c(c3)n(C)n4C)cn2)cc1F.CC1CCN(C)CC1.CN1CCNCC1. The maximum absolute atomic E-state index is 14.5. The molecule has 2 aliphatic heterocycles. The van der Waals surface area contributed by atoms with Crippen LogP contribution in [0.3, 0.4) is 0 Å². The Bertz CT molecular complexity index is 1610. The zero-order chi connectivity index (χ0) is 36.1. The van der Waals surface area contributed by atoms with Gasteiger partial charge in [-0.05, 0) is 132 Å². The number of aryl methyl sites for hydroxylation is 3. The lowest BCUT2D eigenvalue weighted by Gasteiger charge is -2.26.